The SMILES string of the molecule is Cc1c(F)cccc1NC(=O)C(=O)Nc1cccc(O)c1. The minimum atomic E-state index is -0.924. The number of phenols is 1. The summed E-state index contributed by atoms with van der Waals surface area (Å²) in [4.78, 5) is 23.5. The molecule has 0 fully saturated rings. The van der Waals surface area contributed by atoms with E-state index in [0.29, 0.717) is 0 Å². The number of carbonyl (C=O) groups excluding carboxylic acids is 2. The highest BCUT2D eigenvalue weighted by Gasteiger charge is 2.15. The van der Waals surface area contributed by atoms with Crippen LogP contribution in [0.4, 0.5) is 15.8 Å². The maximum Gasteiger partial charge on any atom is 0.314 e. The Hall–Kier alpha value is -2.89. The summed E-state index contributed by atoms with van der Waals surface area (Å²) in [5, 5.41) is 13.9. The smallest absolute Gasteiger partial charge is 0.314 e. The van der Waals surface area contributed by atoms with Gasteiger partial charge in [-0.2, -0.15) is 0 Å². The zero-order chi connectivity index (χ0) is 15.4. The van der Waals surface area contributed by atoms with Crippen molar-refractivity contribution in [3.05, 3.63) is 53.8 Å². The quantitative estimate of drug-likeness (QED) is 0.743. The van der Waals surface area contributed by atoms with E-state index in [1.165, 1.54) is 49.4 Å². The largest absolute Gasteiger partial charge is 0.508 e. The van der Waals surface area contributed by atoms with Crippen molar-refractivity contribution in [2.24, 2.45) is 0 Å². The molecular formula is C15H13FN2O3. The van der Waals surface area contributed by atoms with Gasteiger partial charge in [0.15, 0.2) is 0 Å². The molecule has 3 N–H and O–H groups in total. The summed E-state index contributed by atoms with van der Waals surface area (Å²) >= 11 is 0. The zero-order valence-electron chi connectivity index (χ0n) is 11.2. The fourth-order valence-corrected chi connectivity index (χ4v) is 1.69. The van der Waals surface area contributed by atoms with E-state index in [4.69, 9.17) is 0 Å². The minimum absolute atomic E-state index is 0.0332. The summed E-state index contributed by atoms with van der Waals surface area (Å²) < 4.78 is 13.3. The van der Waals surface area contributed by atoms with Crippen LogP contribution in [-0.4, -0.2) is 16.9 Å². The monoisotopic (exact) mass is 288 g/mol. The predicted octanol–water partition coefficient (Wildman–Crippen LogP) is 2.42. The third-order valence-electron chi connectivity index (χ3n) is 2.83. The fraction of sp³-hybridized carbons (Fsp3) is 0.0667. The molecule has 0 heterocycles. The van der Waals surface area contributed by atoms with Gasteiger partial charge in [0.25, 0.3) is 0 Å². The number of rotatable bonds is 2. The van der Waals surface area contributed by atoms with Crippen LogP contribution in [0.2, 0.25) is 0 Å². The van der Waals surface area contributed by atoms with Crippen LogP contribution in [0.15, 0.2) is 42.5 Å². The molecule has 0 bridgehead atoms. The van der Waals surface area contributed by atoms with E-state index in [1.54, 1.807) is 0 Å². The average Bonchev–Trinajstić information content (AvgIpc) is 2.44. The molecule has 0 saturated heterocycles. The number of carbonyl (C=O) groups is 2. The highest BCUT2D eigenvalue weighted by atomic mass is 19.1. The highest BCUT2D eigenvalue weighted by Crippen LogP contribution is 2.18. The van der Waals surface area contributed by atoms with Crippen LogP contribution in [-0.2, 0) is 9.59 Å². The Morgan fingerprint density at radius 3 is 2.43 bits per heavy atom. The van der Waals surface area contributed by atoms with E-state index in [0.717, 1.165) is 0 Å². The topological polar surface area (TPSA) is 78.4 Å². The van der Waals surface area contributed by atoms with Gasteiger partial charge >= 0.3 is 11.8 Å². The van der Waals surface area contributed by atoms with Crippen LogP contribution >= 0.6 is 0 Å². The predicted molar refractivity (Wildman–Crippen MR) is 76.5 cm³/mol. The van der Waals surface area contributed by atoms with Crippen molar-refractivity contribution in [3.8, 4) is 5.75 Å². The first-order valence-corrected chi connectivity index (χ1v) is 6.14. The van der Waals surface area contributed by atoms with Crippen molar-refractivity contribution in [1.82, 2.24) is 0 Å². The van der Waals surface area contributed by atoms with Gasteiger partial charge in [0.2, 0.25) is 0 Å². The summed E-state index contributed by atoms with van der Waals surface area (Å²) in [7, 11) is 0. The first-order chi connectivity index (χ1) is 9.97. The molecule has 21 heavy (non-hydrogen) atoms. The molecule has 5 nitrogen and oxygen atoms in total. The Bertz CT molecular complexity index is 701. The lowest BCUT2D eigenvalue weighted by Crippen LogP contribution is -2.29. The number of aromatic hydroxyl groups is 1. The molecule has 0 aromatic heterocycles. The van der Waals surface area contributed by atoms with Crippen LogP contribution in [0.3, 0.4) is 0 Å². The zero-order valence-corrected chi connectivity index (χ0v) is 11.2. The van der Waals surface area contributed by atoms with Gasteiger partial charge in [-0.25, -0.2) is 4.39 Å². The maximum absolute atomic E-state index is 13.3. The van der Waals surface area contributed by atoms with E-state index in [-0.39, 0.29) is 22.7 Å². The summed E-state index contributed by atoms with van der Waals surface area (Å²) in [6.07, 6.45) is 0. The molecule has 2 aromatic carbocycles. The average molecular weight is 288 g/mol. The molecular weight excluding hydrogens is 275 g/mol. The van der Waals surface area contributed by atoms with Crippen molar-refractivity contribution >= 4 is 23.2 Å². The molecule has 0 radical (unpaired) electrons. The number of halogens is 1. The third kappa shape index (κ3) is 3.56. The van der Waals surface area contributed by atoms with Crippen molar-refractivity contribution in [1.29, 1.82) is 0 Å². The number of hydrogen-bond donors (Lipinski definition) is 3. The molecule has 0 aliphatic carbocycles. The molecule has 0 unspecified atom stereocenters. The van der Waals surface area contributed by atoms with E-state index in [9.17, 15) is 19.1 Å². The van der Waals surface area contributed by atoms with Crippen LogP contribution in [0, 0.1) is 12.7 Å². The lowest BCUT2D eigenvalue weighted by atomic mass is 10.2. The van der Waals surface area contributed by atoms with E-state index in [1.807, 2.05) is 0 Å². The van der Waals surface area contributed by atoms with Crippen molar-refractivity contribution in [3.63, 3.8) is 0 Å². The molecule has 2 amide bonds. The standard InChI is InChI=1S/C15H13FN2O3/c1-9-12(16)6-3-7-13(9)18-15(21)14(20)17-10-4-2-5-11(19)8-10/h2-8,19H,1H3,(H,17,20)(H,18,21). The van der Waals surface area contributed by atoms with Crippen molar-refractivity contribution in [2.45, 2.75) is 6.92 Å². The van der Waals surface area contributed by atoms with Gasteiger partial charge in [-0.1, -0.05) is 12.1 Å². The first kappa shape index (κ1) is 14.5. The van der Waals surface area contributed by atoms with Gasteiger partial charge in [0, 0.05) is 23.0 Å². The van der Waals surface area contributed by atoms with Crippen molar-refractivity contribution < 1.29 is 19.1 Å². The lowest BCUT2D eigenvalue weighted by Gasteiger charge is -2.09. The molecule has 108 valence electrons. The molecule has 6 heteroatoms. The number of hydrogen-bond acceptors (Lipinski definition) is 3. The molecule has 0 saturated carbocycles. The minimum Gasteiger partial charge on any atom is -0.508 e. The fourth-order valence-electron chi connectivity index (χ4n) is 1.69. The summed E-state index contributed by atoms with van der Waals surface area (Å²) in [6.45, 7) is 1.50. The number of anilines is 2. The van der Waals surface area contributed by atoms with Crippen LogP contribution in [0.1, 0.15) is 5.56 Å². The molecule has 0 aliphatic heterocycles. The van der Waals surface area contributed by atoms with Gasteiger partial charge in [0.05, 0.1) is 0 Å². The Balaban J connectivity index is 2.06. The molecule has 2 aromatic rings. The lowest BCUT2D eigenvalue weighted by molar-refractivity contribution is -0.133. The Morgan fingerprint density at radius 1 is 1.05 bits per heavy atom. The molecule has 0 spiro atoms. The summed E-state index contributed by atoms with van der Waals surface area (Å²) in [5.74, 6) is -2.34. The van der Waals surface area contributed by atoms with Crippen molar-refractivity contribution in [2.75, 3.05) is 10.6 Å². The highest BCUT2D eigenvalue weighted by molar-refractivity contribution is 6.43. The number of phenolic OH excluding ortho intramolecular Hbond substituents is 1. The molecule has 2 rings (SSSR count). The Kier molecular flexibility index (Phi) is 4.18. The van der Waals surface area contributed by atoms with Crippen LogP contribution in [0.5, 0.6) is 5.75 Å². The second-order valence-corrected chi connectivity index (χ2v) is 4.37. The maximum atomic E-state index is 13.3. The van der Waals surface area contributed by atoms with Gasteiger partial charge in [-0.3, -0.25) is 9.59 Å². The normalized spacial score (nSPS) is 10.0. The number of amides is 2. The Morgan fingerprint density at radius 2 is 1.71 bits per heavy atom. The number of benzene rings is 2. The Labute approximate surface area is 120 Å². The molecule has 0 atom stereocenters. The van der Waals surface area contributed by atoms with Gasteiger partial charge in [-0.15, -0.1) is 0 Å². The van der Waals surface area contributed by atoms with Gasteiger partial charge in [-0.05, 0) is 31.2 Å². The van der Waals surface area contributed by atoms with Crippen LogP contribution in [0.25, 0.3) is 0 Å². The van der Waals surface area contributed by atoms with Crippen LogP contribution < -0.4 is 10.6 Å². The second-order valence-electron chi connectivity index (χ2n) is 4.37. The van der Waals surface area contributed by atoms with E-state index < -0.39 is 17.6 Å². The number of nitrogens with one attached hydrogen (secondary N) is 2. The first-order valence-electron chi connectivity index (χ1n) is 6.14. The second kappa shape index (κ2) is 6.04. The summed E-state index contributed by atoms with van der Waals surface area (Å²) in [5.41, 5.74) is 0.758. The van der Waals surface area contributed by atoms with E-state index in [2.05, 4.69) is 10.6 Å². The summed E-state index contributed by atoms with van der Waals surface area (Å²) in [6, 6.07) is 9.99. The van der Waals surface area contributed by atoms with Gasteiger partial charge < -0.3 is 15.7 Å². The molecule has 0 aliphatic rings. The van der Waals surface area contributed by atoms with Gasteiger partial charge in [0.1, 0.15) is 11.6 Å². The third-order valence-corrected chi connectivity index (χ3v) is 2.83. The van der Waals surface area contributed by atoms with E-state index >= 15 is 0 Å².